The number of sulfonamides is 1. The lowest BCUT2D eigenvalue weighted by Gasteiger charge is -2.38. The van der Waals surface area contributed by atoms with Gasteiger partial charge in [-0.15, -0.1) is 5.54 Å². The number of aliphatic hydroxyl groups is 1. The molecule has 24 heavy (non-hydrogen) atoms. The lowest BCUT2D eigenvalue weighted by Crippen LogP contribution is -2.43. The molecule has 0 bridgehead atoms. The van der Waals surface area contributed by atoms with Gasteiger partial charge in [0.2, 0.25) is 10.0 Å². The predicted octanol–water partition coefficient (Wildman–Crippen LogP) is 3.40. The maximum Gasteiger partial charge on any atom is 0.238 e. The summed E-state index contributed by atoms with van der Waals surface area (Å²) in [5, 5.41) is 14.7. The first-order valence-electron chi connectivity index (χ1n) is 8.26. The van der Waals surface area contributed by atoms with Gasteiger partial charge in [0.05, 0.1) is 11.5 Å². The molecule has 0 spiro atoms. The summed E-state index contributed by atoms with van der Waals surface area (Å²) in [6.07, 6.45) is 0. The van der Waals surface area contributed by atoms with Gasteiger partial charge in [0.25, 0.3) is 0 Å². The van der Waals surface area contributed by atoms with Crippen LogP contribution in [-0.2, 0) is 16.6 Å². The lowest BCUT2D eigenvalue weighted by atomic mass is 10.1. The van der Waals surface area contributed by atoms with Crippen molar-refractivity contribution >= 4 is 18.1 Å². The maximum atomic E-state index is 11.6. The van der Waals surface area contributed by atoms with Crippen molar-refractivity contribution in [2.75, 3.05) is 0 Å². The molecule has 1 aromatic carbocycles. The molecule has 0 aliphatic carbocycles. The largest absolute Gasteiger partial charge is 0.392 e. The van der Waals surface area contributed by atoms with Gasteiger partial charge in [0, 0.05) is 5.56 Å². The summed E-state index contributed by atoms with van der Waals surface area (Å²) in [6, 6.07) is 4.45. The molecule has 0 unspecified atom stereocenters. The molecule has 0 saturated carbocycles. The van der Waals surface area contributed by atoms with Gasteiger partial charge in [-0.05, 0) is 34.3 Å². The number of hydrogen-bond donors (Lipinski definition) is 2. The van der Waals surface area contributed by atoms with Crippen LogP contribution in [0.1, 0.15) is 52.7 Å². The second-order valence-electron chi connectivity index (χ2n) is 7.17. The molecule has 0 atom stereocenters. The summed E-state index contributed by atoms with van der Waals surface area (Å²) in [6.45, 7) is 13.1. The molecule has 0 radical (unpaired) electrons. The number of aliphatic hydroxyl groups excluding tert-OH is 1. The molecule has 1 aromatic rings. The molecule has 3 N–H and O–H groups in total. The highest BCUT2D eigenvalue weighted by atomic mass is 32.2. The highest BCUT2D eigenvalue weighted by Gasteiger charge is 2.41. The summed E-state index contributed by atoms with van der Waals surface area (Å²) in [5.41, 5.74) is 6.13. The second kappa shape index (κ2) is 7.83. The van der Waals surface area contributed by atoms with E-state index < -0.39 is 18.1 Å². The minimum Gasteiger partial charge on any atom is -0.392 e. The van der Waals surface area contributed by atoms with Crippen LogP contribution in [-0.4, -0.2) is 21.6 Å². The number of hydrogen-bond acceptors (Lipinski definition) is 3. The van der Waals surface area contributed by atoms with Gasteiger partial charge in [-0.2, -0.15) is 0 Å². The first kappa shape index (κ1) is 20.9. The van der Waals surface area contributed by atoms with Crippen LogP contribution in [0.4, 0.5) is 0 Å². The zero-order valence-corrected chi connectivity index (χ0v) is 17.2. The molecule has 134 valence electrons. The molecule has 0 heterocycles. The molecule has 4 nitrogen and oxygen atoms in total. The second-order valence-corrected chi connectivity index (χ2v) is 14.3. The molecular weight excluding hydrogens is 338 g/mol. The van der Waals surface area contributed by atoms with Crippen molar-refractivity contribution in [2.45, 2.75) is 69.7 Å². The summed E-state index contributed by atoms with van der Waals surface area (Å²) in [4.78, 5) is 0.0231. The van der Waals surface area contributed by atoms with E-state index in [1.165, 1.54) is 12.1 Å². The van der Waals surface area contributed by atoms with Crippen molar-refractivity contribution in [3.05, 3.63) is 29.3 Å². The Morgan fingerprint density at radius 2 is 1.58 bits per heavy atom. The Kier molecular flexibility index (Phi) is 6.82. The Balaban J connectivity index is 3.56. The molecule has 1 rings (SSSR count). The van der Waals surface area contributed by atoms with Crippen molar-refractivity contribution in [3.63, 3.8) is 0 Å². The Morgan fingerprint density at radius 1 is 1.08 bits per heavy atom. The molecule has 6 heteroatoms. The fraction of sp³-hybridized carbons (Fsp3) is 0.556. The van der Waals surface area contributed by atoms with Gasteiger partial charge in [0.15, 0.2) is 0 Å². The van der Waals surface area contributed by atoms with Crippen molar-refractivity contribution in [3.8, 4) is 11.5 Å². The van der Waals surface area contributed by atoms with Crippen LogP contribution in [0.3, 0.4) is 0 Å². The van der Waals surface area contributed by atoms with Crippen molar-refractivity contribution in [1.29, 1.82) is 0 Å². The van der Waals surface area contributed by atoms with E-state index in [0.29, 0.717) is 27.8 Å². The first-order valence-corrected chi connectivity index (χ1v) is 12.0. The minimum absolute atomic E-state index is 0.0231. The average molecular weight is 368 g/mol. The van der Waals surface area contributed by atoms with Gasteiger partial charge in [-0.25, -0.2) is 13.6 Å². The average Bonchev–Trinajstić information content (AvgIpc) is 2.45. The van der Waals surface area contributed by atoms with Crippen molar-refractivity contribution in [2.24, 2.45) is 5.14 Å². The normalized spacial score (nSPS) is 12.6. The number of rotatable bonds is 5. The lowest BCUT2D eigenvalue weighted by molar-refractivity contribution is 0.281. The van der Waals surface area contributed by atoms with Crippen molar-refractivity contribution < 1.29 is 13.5 Å². The monoisotopic (exact) mass is 367 g/mol. The Morgan fingerprint density at radius 3 is 1.96 bits per heavy atom. The van der Waals surface area contributed by atoms with E-state index in [2.05, 4.69) is 53.0 Å². The smallest absolute Gasteiger partial charge is 0.238 e. The van der Waals surface area contributed by atoms with Crippen LogP contribution >= 0.6 is 0 Å². The van der Waals surface area contributed by atoms with Crippen LogP contribution in [0, 0.1) is 11.5 Å². The fourth-order valence-corrected chi connectivity index (χ4v) is 9.35. The van der Waals surface area contributed by atoms with Crippen LogP contribution in [0.2, 0.25) is 16.6 Å². The summed E-state index contributed by atoms with van der Waals surface area (Å²) in [5.74, 6) is 3.19. The van der Waals surface area contributed by atoms with E-state index in [4.69, 9.17) is 5.14 Å². The Bertz CT molecular complexity index is 721. The predicted molar refractivity (Wildman–Crippen MR) is 102 cm³/mol. The standard InChI is InChI=1S/C18H29NO3SSi/c1-13(2)24(14(3)4,15(5)6)10-9-16-11-18(23(19,21)22)8-7-17(16)12-20/h7-8,11,13-15,20H,12H2,1-6H3,(H2,19,21,22). The van der Waals surface area contributed by atoms with Crippen LogP contribution in [0.25, 0.3) is 0 Å². The molecule has 0 aliphatic rings. The van der Waals surface area contributed by atoms with E-state index >= 15 is 0 Å². The summed E-state index contributed by atoms with van der Waals surface area (Å²) < 4.78 is 23.2. The van der Waals surface area contributed by atoms with Crippen LogP contribution in [0.5, 0.6) is 0 Å². The van der Waals surface area contributed by atoms with Gasteiger partial charge in [-0.1, -0.05) is 53.5 Å². The van der Waals surface area contributed by atoms with E-state index in [0.717, 1.165) is 0 Å². The zero-order chi connectivity index (χ0) is 18.7. The molecule has 0 fully saturated rings. The highest BCUT2D eigenvalue weighted by molar-refractivity contribution is 7.89. The molecular formula is C18H29NO3SSi. The summed E-state index contributed by atoms with van der Waals surface area (Å²) >= 11 is 0. The Labute approximate surface area is 147 Å². The van der Waals surface area contributed by atoms with Crippen LogP contribution < -0.4 is 5.14 Å². The quantitative estimate of drug-likeness (QED) is 0.618. The van der Waals surface area contributed by atoms with Gasteiger partial charge in [0.1, 0.15) is 8.07 Å². The van der Waals surface area contributed by atoms with Crippen LogP contribution in [0.15, 0.2) is 23.1 Å². The van der Waals surface area contributed by atoms with E-state index in [9.17, 15) is 13.5 Å². The number of primary sulfonamides is 1. The van der Waals surface area contributed by atoms with Gasteiger partial charge < -0.3 is 5.11 Å². The topological polar surface area (TPSA) is 80.4 Å². The third kappa shape index (κ3) is 4.28. The first-order chi connectivity index (χ1) is 11.0. The SMILES string of the molecule is CC(C)[Si](C#Cc1cc(S(N)(=O)=O)ccc1CO)(C(C)C)C(C)C. The van der Waals surface area contributed by atoms with Gasteiger partial charge >= 0.3 is 0 Å². The molecule has 0 saturated heterocycles. The summed E-state index contributed by atoms with van der Waals surface area (Å²) in [7, 11) is -5.72. The Hall–Kier alpha value is -1.13. The van der Waals surface area contributed by atoms with E-state index in [1.807, 2.05) is 0 Å². The maximum absolute atomic E-state index is 11.6. The van der Waals surface area contributed by atoms with Gasteiger partial charge in [-0.3, -0.25) is 0 Å². The van der Waals surface area contributed by atoms with E-state index in [1.54, 1.807) is 6.07 Å². The molecule has 0 amide bonds. The number of benzene rings is 1. The third-order valence-electron chi connectivity index (χ3n) is 4.86. The minimum atomic E-state index is -3.79. The molecule has 0 aromatic heterocycles. The highest BCUT2D eigenvalue weighted by Crippen LogP contribution is 2.40. The number of nitrogens with two attached hydrogens (primary N) is 1. The fourth-order valence-electron chi connectivity index (χ4n) is 3.60. The molecule has 0 aliphatic heterocycles. The third-order valence-corrected chi connectivity index (χ3v) is 12.1. The zero-order valence-electron chi connectivity index (χ0n) is 15.4. The van der Waals surface area contributed by atoms with Crippen molar-refractivity contribution in [1.82, 2.24) is 0 Å². The van der Waals surface area contributed by atoms with E-state index in [-0.39, 0.29) is 11.5 Å².